The molecule has 1 aliphatic rings. The van der Waals surface area contributed by atoms with Gasteiger partial charge in [0.2, 0.25) is 5.95 Å². The fourth-order valence-electron chi connectivity index (χ4n) is 3.02. The predicted molar refractivity (Wildman–Crippen MR) is 87.1 cm³/mol. The lowest BCUT2D eigenvalue weighted by molar-refractivity contribution is 0.263. The third-order valence-corrected chi connectivity index (χ3v) is 4.42. The molecule has 3 rings (SSSR count). The van der Waals surface area contributed by atoms with Crippen LogP contribution in [0, 0.1) is 11.3 Å². The van der Waals surface area contributed by atoms with Crippen LogP contribution < -0.4 is 16.2 Å². The minimum atomic E-state index is 0.326. The maximum Gasteiger partial charge on any atom is 0.239 e. The Morgan fingerprint density at radius 3 is 2.67 bits per heavy atom. The van der Waals surface area contributed by atoms with Gasteiger partial charge in [0.05, 0.1) is 5.52 Å². The van der Waals surface area contributed by atoms with Gasteiger partial charge in [0.15, 0.2) is 0 Å². The number of aromatic nitrogens is 2. The van der Waals surface area contributed by atoms with Crippen molar-refractivity contribution in [3.8, 4) is 0 Å². The minimum absolute atomic E-state index is 0.326. The molecular formula is C16H23N5. The molecule has 5 nitrogen and oxygen atoms in total. The van der Waals surface area contributed by atoms with E-state index in [9.17, 15) is 0 Å². The number of nitrogens with one attached hydrogen (secondary N) is 1. The van der Waals surface area contributed by atoms with E-state index in [0.717, 1.165) is 29.8 Å². The van der Waals surface area contributed by atoms with Gasteiger partial charge in [-0.3, -0.25) is 5.43 Å². The van der Waals surface area contributed by atoms with E-state index in [0.29, 0.717) is 17.3 Å². The molecule has 1 unspecified atom stereocenters. The second kappa shape index (κ2) is 5.15. The largest absolute Gasteiger partial charge is 0.356 e. The third kappa shape index (κ3) is 2.65. The van der Waals surface area contributed by atoms with Crippen LogP contribution in [0.25, 0.3) is 10.9 Å². The Bertz CT molecular complexity index is 647. The van der Waals surface area contributed by atoms with Crippen molar-refractivity contribution in [2.45, 2.75) is 27.2 Å². The van der Waals surface area contributed by atoms with Crippen LogP contribution in [-0.2, 0) is 0 Å². The third-order valence-electron chi connectivity index (χ3n) is 4.42. The van der Waals surface area contributed by atoms with Crippen LogP contribution in [0.4, 0.5) is 11.8 Å². The summed E-state index contributed by atoms with van der Waals surface area (Å²) in [6, 6.07) is 8.09. The van der Waals surface area contributed by atoms with E-state index >= 15 is 0 Å². The van der Waals surface area contributed by atoms with Crippen molar-refractivity contribution in [2.75, 3.05) is 23.4 Å². The summed E-state index contributed by atoms with van der Waals surface area (Å²) in [5.74, 6) is 7.65. The molecule has 1 saturated heterocycles. The zero-order valence-corrected chi connectivity index (χ0v) is 12.9. The highest BCUT2D eigenvalue weighted by Crippen LogP contribution is 2.37. The summed E-state index contributed by atoms with van der Waals surface area (Å²) in [5, 5.41) is 1.09. The second-order valence-electron chi connectivity index (χ2n) is 6.83. The number of rotatable bonds is 2. The van der Waals surface area contributed by atoms with Crippen LogP contribution in [-0.4, -0.2) is 23.1 Å². The average molecular weight is 285 g/mol. The molecule has 1 aromatic carbocycles. The molecule has 112 valence electrons. The van der Waals surface area contributed by atoms with Crippen LogP contribution in [0.2, 0.25) is 0 Å². The molecule has 1 atom stereocenters. The van der Waals surface area contributed by atoms with E-state index in [-0.39, 0.29) is 0 Å². The Labute approximate surface area is 125 Å². The lowest BCUT2D eigenvalue weighted by Gasteiger charge is -2.27. The number of nitrogens with two attached hydrogens (primary N) is 1. The first-order valence-corrected chi connectivity index (χ1v) is 7.47. The maximum atomic E-state index is 5.51. The van der Waals surface area contributed by atoms with Crippen molar-refractivity contribution in [1.29, 1.82) is 0 Å². The van der Waals surface area contributed by atoms with E-state index in [1.54, 1.807) is 0 Å². The van der Waals surface area contributed by atoms with E-state index < -0.39 is 0 Å². The lowest BCUT2D eigenvalue weighted by atomic mass is 9.80. The summed E-state index contributed by atoms with van der Waals surface area (Å²) in [6.07, 6.45) is 1.20. The number of hydrogen-bond donors (Lipinski definition) is 2. The number of nitrogen functional groups attached to an aromatic ring is 1. The molecule has 3 N–H and O–H groups in total. The smallest absolute Gasteiger partial charge is 0.239 e. The highest BCUT2D eigenvalue weighted by Gasteiger charge is 2.33. The van der Waals surface area contributed by atoms with E-state index in [1.807, 2.05) is 18.2 Å². The topological polar surface area (TPSA) is 67.1 Å². The molecule has 5 heteroatoms. The van der Waals surface area contributed by atoms with Gasteiger partial charge >= 0.3 is 0 Å². The number of nitrogens with zero attached hydrogens (tertiary/aromatic N) is 3. The van der Waals surface area contributed by atoms with Gasteiger partial charge < -0.3 is 4.90 Å². The molecule has 1 fully saturated rings. The molecule has 1 aromatic heterocycles. The monoisotopic (exact) mass is 285 g/mol. The van der Waals surface area contributed by atoms with Crippen molar-refractivity contribution < 1.29 is 0 Å². The zero-order valence-electron chi connectivity index (χ0n) is 12.9. The molecule has 0 amide bonds. The fraction of sp³-hybridized carbons (Fsp3) is 0.500. The zero-order chi connectivity index (χ0) is 15.0. The van der Waals surface area contributed by atoms with Crippen LogP contribution in [0.3, 0.4) is 0 Å². The highest BCUT2D eigenvalue weighted by atomic mass is 15.3. The normalized spacial score (nSPS) is 19.2. The molecule has 2 aromatic rings. The lowest BCUT2D eigenvalue weighted by Crippen LogP contribution is -2.27. The molecule has 1 aliphatic heterocycles. The molecule has 0 saturated carbocycles. The van der Waals surface area contributed by atoms with Crippen molar-refractivity contribution in [3.05, 3.63) is 24.3 Å². The Kier molecular flexibility index (Phi) is 3.45. The van der Waals surface area contributed by atoms with Gasteiger partial charge in [-0.25, -0.2) is 10.8 Å². The number of hydrogen-bond acceptors (Lipinski definition) is 5. The van der Waals surface area contributed by atoms with Gasteiger partial charge in [0.25, 0.3) is 0 Å². The standard InChI is InChI=1S/C16H23N5/c1-16(2,3)11-8-9-21(10-11)14-12-6-4-5-7-13(12)18-15(19-14)20-17/h4-7,11H,8-10,17H2,1-3H3,(H,18,19,20). The van der Waals surface area contributed by atoms with E-state index in [4.69, 9.17) is 5.84 Å². The molecular weight excluding hydrogens is 262 g/mol. The molecule has 2 heterocycles. The number of anilines is 2. The van der Waals surface area contributed by atoms with Crippen LogP contribution >= 0.6 is 0 Å². The summed E-state index contributed by atoms with van der Waals surface area (Å²) in [7, 11) is 0. The molecule has 0 radical (unpaired) electrons. The maximum absolute atomic E-state index is 5.51. The van der Waals surface area contributed by atoms with E-state index in [1.165, 1.54) is 6.42 Å². The SMILES string of the molecule is CC(C)(C)C1CCN(c2nc(NN)nc3ccccc23)C1. The summed E-state index contributed by atoms with van der Waals surface area (Å²) in [6.45, 7) is 9.01. The van der Waals surface area contributed by atoms with Crippen molar-refractivity contribution in [3.63, 3.8) is 0 Å². The Hall–Kier alpha value is -1.88. The molecule has 0 spiro atoms. The number of fused-ring (bicyclic) bond motifs is 1. The number of hydrazine groups is 1. The summed E-state index contributed by atoms with van der Waals surface area (Å²) in [4.78, 5) is 11.4. The van der Waals surface area contributed by atoms with Gasteiger partial charge in [-0.1, -0.05) is 32.9 Å². The van der Waals surface area contributed by atoms with Crippen molar-refractivity contribution in [1.82, 2.24) is 9.97 Å². The summed E-state index contributed by atoms with van der Waals surface area (Å²) < 4.78 is 0. The predicted octanol–water partition coefficient (Wildman–Crippen LogP) is 2.79. The average Bonchev–Trinajstić information content (AvgIpc) is 2.95. The summed E-state index contributed by atoms with van der Waals surface area (Å²) in [5.41, 5.74) is 3.83. The van der Waals surface area contributed by atoms with Gasteiger partial charge in [-0.15, -0.1) is 0 Å². The van der Waals surface area contributed by atoms with Crippen LogP contribution in [0.1, 0.15) is 27.2 Å². The van der Waals surface area contributed by atoms with E-state index in [2.05, 4.69) is 47.1 Å². The quantitative estimate of drug-likeness (QED) is 0.656. The van der Waals surface area contributed by atoms with Crippen molar-refractivity contribution >= 4 is 22.7 Å². The Morgan fingerprint density at radius 1 is 1.24 bits per heavy atom. The molecule has 0 bridgehead atoms. The Balaban J connectivity index is 2.00. The van der Waals surface area contributed by atoms with Gasteiger partial charge in [0.1, 0.15) is 5.82 Å². The fourth-order valence-corrected chi connectivity index (χ4v) is 3.02. The first-order valence-electron chi connectivity index (χ1n) is 7.47. The van der Waals surface area contributed by atoms with Crippen LogP contribution in [0.15, 0.2) is 24.3 Å². The molecule has 0 aliphatic carbocycles. The molecule has 21 heavy (non-hydrogen) atoms. The van der Waals surface area contributed by atoms with Gasteiger partial charge in [-0.2, -0.15) is 4.98 Å². The highest BCUT2D eigenvalue weighted by molar-refractivity contribution is 5.90. The van der Waals surface area contributed by atoms with Gasteiger partial charge in [0, 0.05) is 18.5 Å². The van der Waals surface area contributed by atoms with Gasteiger partial charge in [-0.05, 0) is 29.9 Å². The second-order valence-corrected chi connectivity index (χ2v) is 6.83. The summed E-state index contributed by atoms with van der Waals surface area (Å²) >= 11 is 0. The Morgan fingerprint density at radius 2 is 2.00 bits per heavy atom. The van der Waals surface area contributed by atoms with Crippen LogP contribution in [0.5, 0.6) is 0 Å². The number of para-hydroxylation sites is 1. The van der Waals surface area contributed by atoms with Crippen molar-refractivity contribution in [2.24, 2.45) is 17.2 Å². The minimum Gasteiger partial charge on any atom is -0.356 e. The first-order chi connectivity index (χ1) is 9.99. The number of benzene rings is 1. The first kappa shape index (κ1) is 14.1.